The summed E-state index contributed by atoms with van der Waals surface area (Å²) >= 11 is 5.81. The molecule has 0 aliphatic rings. The van der Waals surface area contributed by atoms with Crippen LogP contribution in [0.15, 0.2) is 12.1 Å². The first-order valence-electron chi connectivity index (χ1n) is 4.49. The van der Waals surface area contributed by atoms with Gasteiger partial charge in [0, 0.05) is 24.1 Å². The Balaban J connectivity index is 3.09. The Hall–Kier alpha value is -0.930. The van der Waals surface area contributed by atoms with Gasteiger partial charge in [0.25, 0.3) is 0 Å². The van der Waals surface area contributed by atoms with Gasteiger partial charge in [-0.25, -0.2) is 4.39 Å². The summed E-state index contributed by atoms with van der Waals surface area (Å²) in [6, 6.07) is 2.97. The zero-order valence-electron chi connectivity index (χ0n) is 8.64. The molecule has 0 saturated carbocycles. The number of carbonyl (C=O) groups is 1. The van der Waals surface area contributed by atoms with Crippen LogP contribution in [0.25, 0.3) is 0 Å². The summed E-state index contributed by atoms with van der Waals surface area (Å²) in [5.74, 6) is -0.504. The Bertz CT molecular complexity index is 377. The Labute approximate surface area is 93.0 Å². The molecule has 0 radical (unpaired) electrons. The van der Waals surface area contributed by atoms with Crippen LogP contribution in [0.2, 0.25) is 5.02 Å². The molecular weight excluding hydrogens is 219 g/mol. The number of ether oxygens (including phenoxy) is 1. The second-order valence-electron chi connectivity index (χ2n) is 3.35. The van der Waals surface area contributed by atoms with E-state index in [1.165, 1.54) is 26.2 Å². The lowest BCUT2D eigenvalue weighted by atomic mass is 10.1. The van der Waals surface area contributed by atoms with Crippen molar-refractivity contribution < 1.29 is 13.9 Å². The van der Waals surface area contributed by atoms with E-state index in [-0.39, 0.29) is 18.8 Å². The molecule has 4 heteroatoms. The molecule has 2 nitrogen and oxygen atoms in total. The highest BCUT2D eigenvalue weighted by Crippen LogP contribution is 2.21. The van der Waals surface area contributed by atoms with Crippen LogP contribution >= 0.6 is 11.6 Å². The van der Waals surface area contributed by atoms with Gasteiger partial charge in [0.1, 0.15) is 11.6 Å². The molecule has 0 heterocycles. The third-order valence-corrected chi connectivity index (χ3v) is 2.15. The zero-order chi connectivity index (χ0) is 11.4. The highest BCUT2D eigenvalue weighted by atomic mass is 35.5. The van der Waals surface area contributed by atoms with Gasteiger partial charge >= 0.3 is 0 Å². The first-order chi connectivity index (χ1) is 7.04. The van der Waals surface area contributed by atoms with E-state index >= 15 is 0 Å². The van der Waals surface area contributed by atoms with Crippen LogP contribution in [0.3, 0.4) is 0 Å². The maximum Gasteiger partial charge on any atom is 0.134 e. The van der Waals surface area contributed by atoms with E-state index in [0.717, 1.165) is 0 Å². The molecular formula is C11H12ClFO2. The number of benzene rings is 1. The number of ketones is 1. The number of carbonyl (C=O) groups excluding carboxylic acids is 1. The average molecular weight is 231 g/mol. The molecule has 0 fully saturated rings. The fourth-order valence-corrected chi connectivity index (χ4v) is 1.63. The van der Waals surface area contributed by atoms with Gasteiger partial charge in [0.2, 0.25) is 0 Å². The van der Waals surface area contributed by atoms with E-state index in [2.05, 4.69) is 0 Å². The maximum atomic E-state index is 13.7. The molecule has 0 aliphatic heterocycles. The van der Waals surface area contributed by atoms with E-state index in [0.29, 0.717) is 16.1 Å². The van der Waals surface area contributed by atoms with Crippen molar-refractivity contribution in [1.29, 1.82) is 0 Å². The Morgan fingerprint density at radius 2 is 2.07 bits per heavy atom. The van der Waals surface area contributed by atoms with Crippen molar-refractivity contribution in [1.82, 2.24) is 0 Å². The third kappa shape index (κ3) is 3.29. The molecule has 0 aliphatic carbocycles. The summed E-state index contributed by atoms with van der Waals surface area (Å²) in [6.07, 6.45) is 0.0586. The smallest absolute Gasteiger partial charge is 0.134 e. The Morgan fingerprint density at radius 3 is 2.60 bits per heavy atom. The Kier molecular flexibility index (Phi) is 4.24. The van der Waals surface area contributed by atoms with Crippen LogP contribution in [0, 0.1) is 5.82 Å². The second kappa shape index (κ2) is 5.24. The van der Waals surface area contributed by atoms with Crippen LogP contribution in [-0.2, 0) is 22.6 Å². The van der Waals surface area contributed by atoms with Gasteiger partial charge in [-0.15, -0.1) is 0 Å². The molecule has 0 atom stereocenters. The first kappa shape index (κ1) is 12.1. The molecule has 1 rings (SSSR count). The highest BCUT2D eigenvalue weighted by molar-refractivity contribution is 6.30. The summed E-state index contributed by atoms with van der Waals surface area (Å²) in [4.78, 5) is 10.9. The largest absolute Gasteiger partial charge is 0.380 e. The van der Waals surface area contributed by atoms with Crippen LogP contribution in [-0.4, -0.2) is 12.9 Å². The summed E-state index contributed by atoms with van der Waals surface area (Å²) < 4.78 is 18.5. The van der Waals surface area contributed by atoms with E-state index in [4.69, 9.17) is 16.3 Å². The molecule has 0 aromatic heterocycles. The van der Waals surface area contributed by atoms with Crippen molar-refractivity contribution in [2.75, 3.05) is 7.11 Å². The van der Waals surface area contributed by atoms with Gasteiger partial charge in [-0.2, -0.15) is 0 Å². The standard InChI is InChI=1S/C11H12ClFO2/c1-7(14)3-8-4-10(12)5-9(6-15-2)11(8)13/h4-5H,3,6H2,1-2H3. The number of halogens is 2. The van der Waals surface area contributed by atoms with Gasteiger partial charge in [-0.1, -0.05) is 11.6 Å². The summed E-state index contributed by atoms with van der Waals surface area (Å²) in [7, 11) is 1.48. The average Bonchev–Trinajstić information content (AvgIpc) is 2.12. The van der Waals surface area contributed by atoms with Gasteiger partial charge < -0.3 is 4.74 Å². The van der Waals surface area contributed by atoms with E-state index in [9.17, 15) is 9.18 Å². The van der Waals surface area contributed by atoms with Gasteiger partial charge in [-0.3, -0.25) is 4.79 Å². The molecule has 0 spiro atoms. The molecule has 15 heavy (non-hydrogen) atoms. The Morgan fingerprint density at radius 1 is 1.47 bits per heavy atom. The molecule has 0 bridgehead atoms. The molecule has 82 valence electrons. The molecule has 0 unspecified atom stereocenters. The summed E-state index contributed by atoms with van der Waals surface area (Å²) in [5, 5.41) is 0.416. The number of rotatable bonds is 4. The molecule has 0 amide bonds. The summed E-state index contributed by atoms with van der Waals surface area (Å²) in [6.45, 7) is 1.56. The predicted octanol–water partition coefficient (Wildman–Crippen LogP) is 2.76. The maximum absolute atomic E-state index is 13.7. The number of hydrogen-bond donors (Lipinski definition) is 0. The normalized spacial score (nSPS) is 10.4. The predicted molar refractivity (Wildman–Crippen MR) is 56.5 cm³/mol. The van der Waals surface area contributed by atoms with Gasteiger partial charge in [0.15, 0.2) is 0 Å². The zero-order valence-corrected chi connectivity index (χ0v) is 9.40. The molecule has 1 aromatic rings. The molecule has 0 N–H and O–H groups in total. The number of hydrogen-bond acceptors (Lipinski definition) is 2. The van der Waals surface area contributed by atoms with Crippen molar-refractivity contribution in [2.24, 2.45) is 0 Å². The fraction of sp³-hybridized carbons (Fsp3) is 0.364. The van der Waals surface area contributed by atoms with Crippen molar-refractivity contribution in [3.05, 3.63) is 34.1 Å². The SMILES string of the molecule is COCc1cc(Cl)cc(CC(C)=O)c1F. The van der Waals surface area contributed by atoms with Crippen molar-refractivity contribution in [3.63, 3.8) is 0 Å². The van der Waals surface area contributed by atoms with Gasteiger partial charge in [-0.05, 0) is 24.6 Å². The minimum atomic E-state index is -0.406. The van der Waals surface area contributed by atoms with Crippen molar-refractivity contribution in [2.45, 2.75) is 20.0 Å². The lowest BCUT2D eigenvalue weighted by Crippen LogP contribution is -2.03. The van der Waals surface area contributed by atoms with Crippen LogP contribution in [0.5, 0.6) is 0 Å². The highest BCUT2D eigenvalue weighted by Gasteiger charge is 2.11. The minimum absolute atomic E-state index is 0.0586. The third-order valence-electron chi connectivity index (χ3n) is 1.93. The van der Waals surface area contributed by atoms with E-state index in [1.807, 2.05) is 0 Å². The lowest BCUT2D eigenvalue weighted by molar-refractivity contribution is -0.116. The van der Waals surface area contributed by atoms with E-state index in [1.54, 1.807) is 0 Å². The van der Waals surface area contributed by atoms with Crippen LogP contribution in [0.4, 0.5) is 4.39 Å². The van der Waals surface area contributed by atoms with Crippen molar-refractivity contribution in [3.8, 4) is 0 Å². The fourth-order valence-electron chi connectivity index (χ4n) is 1.36. The number of methoxy groups -OCH3 is 1. The molecule has 0 saturated heterocycles. The summed E-state index contributed by atoms with van der Waals surface area (Å²) in [5.41, 5.74) is 0.698. The van der Waals surface area contributed by atoms with Crippen LogP contribution < -0.4 is 0 Å². The monoisotopic (exact) mass is 230 g/mol. The van der Waals surface area contributed by atoms with Crippen molar-refractivity contribution >= 4 is 17.4 Å². The minimum Gasteiger partial charge on any atom is -0.380 e. The van der Waals surface area contributed by atoms with E-state index < -0.39 is 5.82 Å². The topological polar surface area (TPSA) is 26.3 Å². The van der Waals surface area contributed by atoms with Gasteiger partial charge in [0.05, 0.1) is 6.61 Å². The lowest BCUT2D eigenvalue weighted by Gasteiger charge is -2.07. The number of Topliss-reactive ketones (excluding diaryl/α,β-unsaturated/α-hetero) is 1. The molecule has 1 aromatic carbocycles. The van der Waals surface area contributed by atoms with Crippen LogP contribution in [0.1, 0.15) is 18.1 Å². The first-order valence-corrected chi connectivity index (χ1v) is 4.87. The quantitative estimate of drug-likeness (QED) is 0.795. The second-order valence-corrected chi connectivity index (χ2v) is 3.79.